The van der Waals surface area contributed by atoms with Crippen LogP contribution >= 0.6 is 11.8 Å². The molecule has 0 saturated carbocycles. The van der Waals surface area contributed by atoms with Gasteiger partial charge in [-0.1, -0.05) is 53.7 Å². The Balaban J connectivity index is 1.83. The molecule has 1 aliphatic heterocycles. The van der Waals surface area contributed by atoms with Gasteiger partial charge in [0.05, 0.1) is 24.2 Å². The molecule has 0 aliphatic carbocycles. The number of imidazole rings is 1. The maximum atomic E-state index is 14.5. The molecule has 1 atom stereocenters. The standard InChI is InChI=1S/C20H17FN2O2S/c1-13-6-8-14(9-7-13)17-12-22-20(26-18-10-11-25-19(18)24)23(17)16-5-3-2-4-15(16)21/h2-9,12,18H,10-11H2,1H3/t18-/m1/s1. The lowest BCUT2D eigenvalue weighted by atomic mass is 10.1. The van der Waals surface area contributed by atoms with E-state index in [2.05, 4.69) is 4.98 Å². The average Bonchev–Trinajstić information content (AvgIpc) is 3.23. The van der Waals surface area contributed by atoms with Crippen LogP contribution in [0.4, 0.5) is 4.39 Å². The van der Waals surface area contributed by atoms with Crippen LogP contribution in [0, 0.1) is 12.7 Å². The van der Waals surface area contributed by atoms with Crippen LogP contribution in [0.3, 0.4) is 0 Å². The first kappa shape index (κ1) is 16.8. The number of halogens is 1. The Labute approximate surface area is 155 Å². The highest BCUT2D eigenvalue weighted by Gasteiger charge is 2.30. The molecular formula is C20H17FN2O2S. The molecule has 3 aromatic rings. The van der Waals surface area contributed by atoms with Crippen molar-refractivity contribution in [1.82, 2.24) is 9.55 Å². The molecule has 4 rings (SSSR count). The Kier molecular flexibility index (Phi) is 4.51. The summed E-state index contributed by atoms with van der Waals surface area (Å²) >= 11 is 1.32. The SMILES string of the molecule is Cc1ccc(-c2cnc(S[C@@H]3CCOC3=O)n2-c2ccccc2F)cc1. The number of rotatable bonds is 4. The van der Waals surface area contributed by atoms with E-state index >= 15 is 0 Å². The summed E-state index contributed by atoms with van der Waals surface area (Å²) in [6.07, 6.45) is 2.35. The van der Waals surface area contributed by atoms with Gasteiger partial charge in [0.15, 0.2) is 5.16 Å². The lowest BCUT2D eigenvalue weighted by Crippen LogP contribution is -2.11. The minimum atomic E-state index is -0.338. The normalized spacial score (nSPS) is 16.7. The van der Waals surface area contributed by atoms with Crippen molar-refractivity contribution in [2.45, 2.75) is 23.8 Å². The molecule has 0 spiro atoms. The number of esters is 1. The molecule has 0 bridgehead atoms. The number of aromatic nitrogens is 2. The summed E-state index contributed by atoms with van der Waals surface area (Å²) < 4.78 is 21.3. The first-order valence-electron chi connectivity index (χ1n) is 8.36. The van der Waals surface area contributed by atoms with Gasteiger partial charge in [0.1, 0.15) is 11.1 Å². The van der Waals surface area contributed by atoms with Crippen LogP contribution in [0.1, 0.15) is 12.0 Å². The van der Waals surface area contributed by atoms with Crippen LogP contribution in [0.5, 0.6) is 0 Å². The van der Waals surface area contributed by atoms with Crippen LogP contribution < -0.4 is 0 Å². The summed E-state index contributed by atoms with van der Waals surface area (Å²) in [6, 6.07) is 14.6. The third-order valence-electron chi connectivity index (χ3n) is 4.31. The van der Waals surface area contributed by atoms with Crippen LogP contribution in [0.2, 0.25) is 0 Å². The van der Waals surface area contributed by atoms with Crippen molar-refractivity contribution in [3.8, 4) is 16.9 Å². The van der Waals surface area contributed by atoms with Crippen molar-refractivity contribution < 1.29 is 13.9 Å². The van der Waals surface area contributed by atoms with Crippen molar-refractivity contribution in [1.29, 1.82) is 0 Å². The summed E-state index contributed by atoms with van der Waals surface area (Å²) in [5.41, 5.74) is 3.28. The molecule has 1 aromatic heterocycles. The van der Waals surface area contributed by atoms with Crippen LogP contribution in [-0.4, -0.2) is 27.4 Å². The average molecular weight is 368 g/mol. The van der Waals surface area contributed by atoms with Gasteiger partial charge in [-0.3, -0.25) is 9.36 Å². The number of carbonyl (C=O) groups is 1. The zero-order chi connectivity index (χ0) is 18.1. The highest BCUT2D eigenvalue weighted by Crippen LogP contribution is 2.35. The van der Waals surface area contributed by atoms with E-state index in [-0.39, 0.29) is 17.0 Å². The third-order valence-corrected chi connectivity index (χ3v) is 5.52. The molecule has 26 heavy (non-hydrogen) atoms. The fraction of sp³-hybridized carbons (Fsp3) is 0.200. The molecule has 1 saturated heterocycles. The van der Waals surface area contributed by atoms with E-state index in [4.69, 9.17) is 4.74 Å². The maximum Gasteiger partial charge on any atom is 0.319 e. The largest absolute Gasteiger partial charge is 0.465 e. The molecule has 2 aromatic carbocycles. The van der Waals surface area contributed by atoms with Crippen molar-refractivity contribution in [3.63, 3.8) is 0 Å². The zero-order valence-electron chi connectivity index (χ0n) is 14.2. The molecule has 1 fully saturated rings. The topological polar surface area (TPSA) is 44.1 Å². The molecular weight excluding hydrogens is 351 g/mol. The molecule has 0 N–H and O–H groups in total. The maximum absolute atomic E-state index is 14.5. The van der Waals surface area contributed by atoms with Gasteiger partial charge in [0.25, 0.3) is 0 Å². The quantitative estimate of drug-likeness (QED) is 0.641. The predicted molar refractivity (Wildman–Crippen MR) is 98.9 cm³/mol. The van der Waals surface area contributed by atoms with Gasteiger partial charge < -0.3 is 4.74 Å². The van der Waals surface area contributed by atoms with Crippen LogP contribution in [-0.2, 0) is 9.53 Å². The number of carbonyl (C=O) groups excluding carboxylic acids is 1. The Morgan fingerprint density at radius 1 is 1.19 bits per heavy atom. The van der Waals surface area contributed by atoms with Gasteiger partial charge in [-0.2, -0.15) is 0 Å². The summed E-state index contributed by atoms with van der Waals surface area (Å²) in [5.74, 6) is -0.579. The molecule has 132 valence electrons. The van der Waals surface area contributed by atoms with Crippen LogP contribution in [0.25, 0.3) is 16.9 Å². The zero-order valence-corrected chi connectivity index (χ0v) is 15.0. The van der Waals surface area contributed by atoms with E-state index < -0.39 is 0 Å². The lowest BCUT2D eigenvalue weighted by molar-refractivity contribution is -0.137. The number of ether oxygens (including phenoxy) is 1. The highest BCUT2D eigenvalue weighted by atomic mass is 32.2. The van der Waals surface area contributed by atoms with E-state index in [0.717, 1.165) is 16.8 Å². The highest BCUT2D eigenvalue weighted by molar-refractivity contribution is 8.00. The molecule has 0 amide bonds. The second-order valence-electron chi connectivity index (χ2n) is 6.14. The number of hydrogen-bond acceptors (Lipinski definition) is 4. The van der Waals surface area contributed by atoms with Crippen molar-refractivity contribution >= 4 is 17.7 Å². The Morgan fingerprint density at radius 2 is 1.96 bits per heavy atom. The van der Waals surface area contributed by atoms with Crippen molar-refractivity contribution in [2.24, 2.45) is 0 Å². The number of benzene rings is 2. The second kappa shape index (κ2) is 6.96. The molecule has 2 heterocycles. The second-order valence-corrected chi connectivity index (χ2v) is 7.31. The minimum absolute atomic E-state index is 0.241. The first-order chi connectivity index (χ1) is 12.6. The predicted octanol–water partition coefficient (Wildman–Crippen LogP) is 4.39. The van der Waals surface area contributed by atoms with Gasteiger partial charge in [-0.05, 0) is 19.1 Å². The Morgan fingerprint density at radius 3 is 2.65 bits per heavy atom. The minimum Gasteiger partial charge on any atom is -0.465 e. The van der Waals surface area contributed by atoms with Crippen molar-refractivity contribution in [3.05, 3.63) is 66.1 Å². The fourth-order valence-electron chi connectivity index (χ4n) is 2.92. The number of thioether (sulfide) groups is 1. The number of aryl methyl sites for hydroxylation is 1. The molecule has 6 heteroatoms. The van der Waals surface area contributed by atoms with E-state index in [1.54, 1.807) is 29.0 Å². The van der Waals surface area contributed by atoms with Crippen LogP contribution in [0.15, 0.2) is 59.9 Å². The Bertz CT molecular complexity index is 953. The first-order valence-corrected chi connectivity index (χ1v) is 9.24. The van der Waals surface area contributed by atoms with E-state index in [9.17, 15) is 9.18 Å². The molecule has 1 aliphatic rings. The van der Waals surface area contributed by atoms with Gasteiger partial charge >= 0.3 is 5.97 Å². The molecule has 0 unspecified atom stereocenters. The number of cyclic esters (lactones) is 1. The van der Waals surface area contributed by atoms with E-state index in [0.29, 0.717) is 23.9 Å². The Hall–Kier alpha value is -2.60. The molecule has 4 nitrogen and oxygen atoms in total. The smallest absolute Gasteiger partial charge is 0.319 e. The fourth-order valence-corrected chi connectivity index (χ4v) is 3.97. The van der Waals surface area contributed by atoms with Crippen molar-refractivity contribution in [2.75, 3.05) is 6.61 Å². The number of nitrogens with zero attached hydrogens (tertiary/aromatic N) is 2. The monoisotopic (exact) mass is 368 g/mol. The van der Waals surface area contributed by atoms with Gasteiger partial charge in [-0.15, -0.1) is 0 Å². The van der Waals surface area contributed by atoms with Gasteiger partial charge in [0, 0.05) is 12.0 Å². The van der Waals surface area contributed by atoms with Gasteiger partial charge in [-0.25, -0.2) is 9.37 Å². The summed E-state index contributed by atoms with van der Waals surface area (Å²) in [5, 5.41) is 0.267. The molecule has 0 radical (unpaired) electrons. The summed E-state index contributed by atoms with van der Waals surface area (Å²) in [4.78, 5) is 16.3. The summed E-state index contributed by atoms with van der Waals surface area (Å²) in [6.45, 7) is 2.44. The van der Waals surface area contributed by atoms with Gasteiger partial charge in [0.2, 0.25) is 0 Å². The van der Waals surface area contributed by atoms with E-state index in [1.807, 2.05) is 31.2 Å². The lowest BCUT2D eigenvalue weighted by Gasteiger charge is -2.14. The number of para-hydroxylation sites is 1. The summed E-state index contributed by atoms with van der Waals surface area (Å²) in [7, 11) is 0. The number of hydrogen-bond donors (Lipinski definition) is 0. The van der Waals surface area contributed by atoms with E-state index in [1.165, 1.54) is 17.8 Å². The third kappa shape index (κ3) is 3.12.